The highest BCUT2D eigenvalue weighted by Gasteiger charge is 2.71. The van der Waals surface area contributed by atoms with Crippen molar-refractivity contribution in [2.75, 3.05) is 6.54 Å². The van der Waals surface area contributed by atoms with Crippen LogP contribution in [0.2, 0.25) is 0 Å². The maximum atomic E-state index is 14.3. The summed E-state index contributed by atoms with van der Waals surface area (Å²) < 4.78 is 12.5. The van der Waals surface area contributed by atoms with Crippen LogP contribution in [0.1, 0.15) is 139 Å². The number of aliphatic carboxylic acids is 1. The van der Waals surface area contributed by atoms with Crippen molar-refractivity contribution >= 4 is 23.7 Å². The number of ketones is 1. The molecule has 0 amide bonds. The molecule has 54 heavy (non-hydrogen) atoms. The molecule has 0 aromatic heterocycles. The molecule has 9 atom stereocenters. The van der Waals surface area contributed by atoms with E-state index in [-0.39, 0.29) is 57.8 Å². The lowest BCUT2D eigenvalue weighted by Crippen LogP contribution is -2.66. The summed E-state index contributed by atoms with van der Waals surface area (Å²) in [4.78, 5) is 51.9. The number of benzene rings is 1. The first-order valence-electron chi connectivity index (χ1n) is 20.8. The Balaban J connectivity index is 1.30. The van der Waals surface area contributed by atoms with Gasteiger partial charge in [0.05, 0.1) is 11.8 Å². The molecule has 0 heterocycles. The van der Waals surface area contributed by atoms with Gasteiger partial charge in [-0.3, -0.25) is 19.2 Å². The van der Waals surface area contributed by atoms with Crippen LogP contribution >= 0.6 is 0 Å². The summed E-state index contributed by atoms with van der Waals surface area (Å²) in [6.07, 6.45) is 7.29. The van der Waals surface area contributed by atoms with Gasteiger partial charge >= 0.3 is 17.9 Å². The van der Waals surface area contributed by atoms with E-state index in [1.165, 1.54) is 18.1 Å². The van der Waals surface area contributed by atoms with Crippen molar-refractivity contribution in [1.82, 2.24) is 5.32 Å². The molecular weight excluding hydrogens is 679 g/mol. The Morgan fingerprint density at radius 3 is 2.22 bits per heavy atom. The van der Waals surface area contributed by atoms with E-state index in [0.717, 1.165) is 56.9 Å². The van der Waals surface area contributed by atoms with E-state index in [1.54, 1.807) is 13.8 Å². The number of ether oxygens (including phenoxy) is 2. The normalized spacial score (nSPS) is 36.4. The predicted molar refractivity (Wildman–Crippen MR) is 209 cm³/mol. The highest BCUT2D eigenvalue weighted by molar-refractivity contribution is 6.01. The topological polar surface area (TPSA) is 119 Å². The molecule has 0 spiro atoms. The van der Waals surface area contributed by atoms with E-state index in [9.17, 15) is 24.3 Å². The predicted octanol–water partition coefficient (Wildman–Crippen LogP) is 9.10. The second kappa shape index (κ2) is 14.2. The van der Waals surface area contributed by atoms with Crippen molar-refractivity contribution < 1.29 is 33.8 Å². The molecule has 2 N–H and O–H groups in total. The summed E-state index contributed by atoms with van der Waals surface area (Å²) in [6.45, 7) is 22.3. The molecule has 0 saturated heterocycles. The fraction of sp³-hybridized carbons (Fsp3) is 0.739. The average Bonchev–Trinajstić information content (AvgIpc) is 3.39. The summed E-state index contributed by atoms with van der Waals surface area (Å²) in [5.74, 6) is -0.350. The zero-order chi connectivity index (χ0) is 39.6. The molecule has 5 aliphatic rings. The molecule has 8 nitrogen and oxygen atoms in total. The molecule has 298 valence electrons. The number of carbonyl (C=O) groups excluding carboxylic acids is 3. The molecule has 1 aromatic carbocycles. The van der Waals surface area contributed by atoms with Crippen LogP contribution in [0.5, 0.6) is 0 Å². The second-order valence-electron chi connectivity index (χ2n) is 20.3. The minimum Gasteiger partial charge on any atom is -0.481 e. The fourth-order valence-electron chi connectivity index (χ4n) is 13.4. The van der Waals surface area contributed by atoms with E-state index in [2.05, 4.69) is 65.9 Å². The lowest BCUT2D eigenvalue weighted by atomic mass is 9.33. The SMILES string of the molecule is CC(=O)O[C@H](CNCc1ccccc1)C12CC[C@]3(C)[C@H](CCC4[C@@]5(C)CC[C@H](OC(=O)CC(C)(C)C(=O)O)C(C)(C)C5CC[C@]43C)C1=C(C(C)C)C(=O)C2. The smallest absolute Gasteiger partial charge is 0.309 e. The maximum Gasteiger partial charge on any atom is 0.309 e. The number of allylic oxidation sites excluding steroid dienone is 1. The van der Waals surface area contributed by atoms with Crippen LogP contribution in [0, 0.1) is 56.2 Å². The Bertz CT molecular complexity index is 1680. The molecule has 1 aromatic rings. The molecule has 5 aliphatic carbocycles. The van der Waals surface area contributed by atoms with Gasteiger partial charge in [-0.15, -0.1) is 0 Å². The van der Waals surface area contributed by atoms with Crippen molar-refractivity contribution in [3.05, 3.63) is 47.0 Å². The summed E-state index contributed by atoms with van der Waals surface area (Å²) in [7, 11) is 0. The number of Topliss-reactive ketones (excluding diaryl/α,β-unsaturated/α-hetero) is 1. The van der Waals surface area contributed by atoms with Crippen LogP contribution in [0.3, 0.4) is 0 Å². The van der Waals surface area contributed by atoms with Crippen molar-refractivity contribution in [2.24, 2.45) is 56.2 Å². The summed E-state index contributed by atoms with van der Waals surface area (Å²) in [5, 5.41) is 13.2. The number of fused-ring (bicyclic) bond motifs is 7. The first-order valence-corrected chi connectivity index (χ1v) is 20.8. The van der Waals surface area contributed by atoms with Crippen LogP contribution in [0.4, 0.5) is 0 Å². The Morgan fingerprint density at radius 1 is 0.907 bits per heavy atom. The van der Waals surface area contributed by atoms with Gasteiger partial charge in [0, 0.05) is 37.3 Å². The van der Waals surface area contributed by atoms with Crippen LogP contribution in [-0.2, 0) is 35.2 Å². The number of hydrogen-bond acceptors (Lipinski definition) is 7. The van der Waals surface area contributed by atoms with Gasteiger partial charge in [0.2, 0.25) is 0 Å². The average molecular weight is 746 g/mol. The van der Waals surface area contributed by atoms with Gasteiger partial charge in [0.15, 0.2) is 5.78 Å². The third-order valence-corrected chi connectivity index (χ3v) is 16.3. The number of esters is 2. The van der Waals surface area contributed by atoms with Crippen molar-refractivity contribution in [3.63, 3.8) is 0 Å². The van der Waals surface area contributed by atoms with E-state index in [1.807, 2.05) is 18.2 Å². The van der Waals surface area contributed by atoms with Gasteiger partial charge in [-0.25, -0.2) is 0 Å². The lowest BCUT2D eigenvalue weighted by molar-refractivity contribution is -0.235. The summed E-state index contributed by atoms with van der Waals surface area (Å²) in [6, 6.07) is 10.3. The summed E-state index contributed by atoms with van der Waals surface area (Å²) in [5.41, 5.74) is 1.55. The quantitative estimate of drug-likeness (QED) is 0.216. The van der Waals surface area contributed by atoms with Gasteiger partial charge in [0.1, 0.15) is 12.2 Å². The van der Waals surface area contributed by atoms with Crippen LogP contribution in [-0.4, -0.2) is 47.6 Å². The van der Waals surface area contributed by atoms with Gasteiger partial charge in [-0.2, -0.15) is 0 Å². The molecule has 4 saturated carbocycles. The zero-order valence-corrected chi connectivity index (χ0v) is 34.7. The number of carbonyl (C=O) groups is 4. The monoisotopic (exact) mass is 745 g/mol. The molecule has 0 radical (unpaired) electrons. The molecule has 6 rings (SSSR count). The number of rotatable bonds is 11. The highest BCUT2D eigenvalue weighted by atomic mass is 16.5. The van der Waals surface area contributed by atoms with Gasteiger partial charge in [0.25, 0.3) is 0 Å². The number of carboxylic acid groups (broad SMARTS) is 1. The lowest BCUT2D eigenvalue weighted by Gasteiger charge is -2.72. The van der Waals surface area contributed by atoms with E-state index in [4.69, 9.17) is 9.47 Å². The van der Waals surface area contributed by atoms with Crippen molar-refractivity contribution in [2.45, 2.75) is 152 Å². The molecular formula is C46H67NO7. The number of nitrogens with one attached hydrogen (secondary N) is 1. The van der Waals surface area contributed by atoms with Crippen molar-refractivity contribution in [3.8, 4) is 0 Å². The van der Waals surface area contributed by atoms with Crippen molar-refractivity contribution in [1.29, 1.82) is 0 Å². The van der Waals surface area contributed by atoms with E-state index < -0.39 is 28.9 Å². The first kappa shape index (κ1) is 40.7. The zero-order valence-electron chi connectivity index (χ0n) is 34.7. The minimum absolute atomic E-state index is 0.0294. The molecule has 3 unspecified atom stereocenters. The largest absolute Gasteiger partial charge is 0.481 e. The van der Waals surface area contributed by atoms with Gasteiger partial charge in [-0.05, 0) is 122 Å². The third-order valence-electron chi connectivity index (χ3n) is 16.3. The Hall–Kier alpha value is -3.00. The maximum absolute atomic E-state index is 14.3. The molecule has 0 bridgehead atoms. The van der Waals surface area contributed by atoms with Crippen LogP contribution < -0.4 is 5.32 Å². The van der Waals surface area contributed by atoms with Crippen LogP contribution in [0.15, 0.2) is 41.5 Å². The number of carboxylic acids is 1. The Kier molecular flexibility index (Phi) is 10.7. The third kappa shape index (κ3) is 6.48. The van der Waals surface area contributed by atoms with Gasteiger partial charge < -0.3 is 19.9 Å². The Labute approximate surface area is 324 Å². The van der Waals surface area contributed by atoms with Crippen LogP contribution in [0.25, 0.3) is 0 Å². The molecule has 0 aliphatic heterocycles. The molecule has 8 heteroatoms. The highest BCUT2D eigenvalue weighted by Crippen LogP contribution is 2.77. The summed E-state index contributed by atoms with van der Waals surface area (Å²) >= 11 is 0. The van der Waals surface area contributed by atoms with Gasteiger partial charge in [-0.1, -0.05) is 78.8 Å². The molecule has 4 fully saturated rings. The minimum atomic E-state index is -1.17. The Morgan fingerprint density at radius 2 is 1.59 bits per heavy atom. The number of hydrogen-bond donors (Lipinski definition) is 2. The van der Waals surface area contributed by atoms with E-state index >= 15 is 0 Å². The standard InChI is InChI=1S/C46H67NO7/c1-28(2)38-32(49)24-46(36(53-29(3)48)27-47-26-30-14-12-11-13-15-30)23-22-44(9)31(39(38)46)16-17-34-43(8)20-19-35(54-37(50)25-41(4,5)40(51)52)42(6,7)33(43)18-21-45(34,44)10/h11-15,28,31,33-36,47H,16-27H2,1-10H3,(H,51,52)/t31-,33?,34?,35+,36-,43+,44-,45-,46?/m1/s1. The second-order valence-corrected chi connectivity index (χ2v) is 20.3. The first-order chi connectivity index (χ1) is 25.1. The fourth-order valence-corrected chi connectivity index (χ4v) is 13.4. The van der Waals surface area contributed by atoms with E-state index in [0.29, 0.717) is 31.3 Å².